The van der Waals surface area contributed by atoms with Gasteiger partial charge in [-0.05, 0) is 25.3 Å². The summed E-state index contributed by atoms with van der Waals surface area (Å²) in [5, 5.41) is 12.1. The minimum absolute atomic E-state index is 0.328. The van der Waals surface area contributed by atoms with Gasteiger partial charge in [0.25, 0.3) is 0 Å². The zero-order chi connectivity index (χ0) is 7.40. The molecule has 0 amide bonds. The topological polar surface area (TPSA) is 32.3 Å². The molecule has 0 aromatic heterocycles. The summed E-state index contributed by atoms with van der Waals surface area (Å²) in [6.45, 7) is 3.69. The molecule has 2 unspecified atom stereocenters. The molecule has 0 bridgehead atoms. The predicted octanol–water partition coefficient (Wildman–Crippen LogP) is 0.757. The highest BCUT2D eigenvalue weighted by Gasteiger charge is 2.23. The van der Waals surface area contributed by atoms with Crippen LogP contribution in [0.25, 0.3) is 0 Å². The third-order valence-corrected chi connectivity index (χ3v) is 2.46. The van der Waals surface area contributed by atoms with Gasteiger partial charge in [0.2, 0.25) is 0 Å². The van der Waals surface area contributed by atoms with Crippen LogP contribution in [0.1, 0.15) is 26.2 Å². The molecule has 1 aliphatic heterocycles. The zero-order valence-corrected chi connectivity index (χ0v) is 6.64. The highest BCUT2D eigenvalue weighted by Crippen LogP contribution is 2.20. The Labute approximate surface area is 62.6 Å². The monoisotopic (exact) mass is 143 g/mol. The summed E-state index contributed by atoms with van der Waals surface area (Å²) in [7, 11) is 0. The van der Waals surface area contributed by atoms with Crippen molar-refractivity contribution < 1.29 is 5.11 Å². The van der Waals surface area contributed by atoms with Crippen LogP contribution in [0.15, 0.2) is 0 Å². The Morgan fingerprint density at radius 2 is 2.40 bits per heavy atom. The molecule has 10 heavy (non-hydrogen) atoms. The molecule has 0 aliphatic carbocycles. The van der Waals surface area contributed by atoms with Gasteiger partial charge in [-0.25, -0.2) is 0 Å². The molecule has 1 aliphatic rings. The Morgan fingerprint density at radius 1 is 1.60 bits per heavy atom. The summed E-state index contributed by atoms with van der Waals surface area (Å²) in [6, 6.07) is 0.593. The van der Waals surface area contributed by atoms with Crippen molar-refractivity contribution in [2.24, 2.45) is 5.92 Å². The fraction of sp³-hybridized carbons (Fsp3) is 1.00. The lowest BCUT2D eigenvalue weighted by atomic mass is 9.96. The van der Waals surface area contributed by atoms with Gasteiger partial charge in [0.1, 0.15) is 0 Å². The number of aliphatic hydroxyl groups is 1. The summed E-state index contributed by atoms with van der Waals surface area (Å²) in [6.07, 6.45) is 3.47. The molecule has 0 radical (unpaired) electrons. The van der Waals surface area contributed by atoms with Crippen LogP contribution in [-0.2, 0) is 0 Å². The summed E-state index contributed by atoms with van der Waals surface area (Å²) >= 11 is 0. The Bertz CT molecular complexity index is 95.3. The third-order valence-electron chi connectivity index (χ3n) is 2.46. The molecular weight excluding hydrogens is 126 g/mol. The fourth-order valence-corrected chi connectivity index (χ4v) is 1.79. The van der Waals surface area contributed by atoms with Crippen molar-refractivity contribution in [2.75, 3.05) is 13.2 Å². The molecule has 1 heterocycles. The Hall–Kier alpha value is -0.0800. The van der Waals surface area contributed by atoms with Crippen LogP contribution in [0.2, 0.25) is 0 Å². The Balaban J connectivity index is 2.27. The van der Waals surface area contributed by atoms with Gasteiger partial charge in [-0.1, -0.05) is 13.3 Å². The minimum Gasteiger partial charge on any atom is -0.396 e. The van der Waals surface area contributed by atoms with E-state index in [0.29, 0.717) is 12.6 Å². The zero-order valence-electron chi connectivity index (χ0n) is 6.64. The van der Waals surface area contributed by atoms with Crippen molar-refractivity contribution in [2.45, 2.75) is 32.2 Å². The molecule has 1 rings (SSSR count). The lowest BCUT2D eigenvalue weighted by Crippen LogP contribution is -2.27. The highest BCUT2D eigenvalue weighted by molar-refractivity contribution is 4.82. The van der Waals surface area contributed by atoms with Crippen LogP contribution >= 0.6 is 0 Å². The fourth-order valence-electron chi connectivity index (χ4n) is 1.79. The van der Waals surface area contributed by atoms with Gasteiger partial charge >= 0.3 is 0 Å². The van der Waals surface area contributed by atoms with E-state index in [1.807, 2.05) is 0 Å². The van der Waals surface area contributed by atoms with E-state index in [1.54, 1.807) is 0 Å². The van der Waals surface area contributed by atoms with Crippen LogP contribution in [-0.4, -0.2) is 24.3 Å². The normalized spacial score (nSPS) is 33.0. The number of hydrogen-bond acceptors (Lipinski definition) is 2. The maximum Gasteiger partial charge on any atom is 0.0445 e. The molecule has 1 saturated heterocycles. The Morgan fingerprint density at radius 3 is 3.00 bits per heavy atom. The molecule has 2 heteroatoms. The van der Waals surface area contributed by atoms with Crippen LogP contribution in [0.5, 0.6) is 0 Å². The number of hydrogen-bond donors (Lipinski definition) is 2. The van der Waals surface area contributed by atoms with Crippen LogP contribution in [0.4, 0.5) is 0 Å². The summed E-state index contributed by atoms with van der Waals surface area (Å²) < 4.78 is 0. The van der Waals surface area contributed by atoms with Crippen molar-refractivity contribution >= 4 is 0 Å². The van der Waals surface area contributed by atoms with E-state index in [-0.39, 0.29) is 0 Å². The maximum atomic E-state index is 8.70. The second kappa shape index (κ2) is 3.94. The summed E-state index contributed by atoms with van der Waals surface area (Å²) in [5.41, 5.74) is 0. The van der Waals surface area contributed by atoms with Crippen molar-refractivity contribution in [1.29, 1.82) is 0 Å². The molecule has 0 spiro atoms. The Kier molecular flexibility index (Phi) is 3.16. The van der Waals surface area contributed by atoms with Gasteiger partial charge < -0.3 is 10.4 Å². The van der Waals surface area contributed by atoms with Gasteiger partial charge in [-0.2, -0.15) is 0 Å². The number of aliphatic hydroxyl groups excluding tert-OH is 1. The van der Waals surface area contributed by atoms with Gasteiger partial charge in [0.05, 0.1) is 0 Å². The summed E-state index contributed by atoms with van der Waals surface area (Å²) in [4.78, 5) is 0. The quantitative estimate of drug-likeness (QED) is 0.611. The molecule has 0 saturated carbocycles. The largest absolute Gasteiger partial charge is 0.396 e. The van der Waals surface area contributed by atoms with E-state index in [1.165, 1.54) is 12.8 Å². The summed E-state index contributed by atoms with van der Waals surface area (Å²) in [5.74, 6) is 0.812. The van der Waals surface area contributed by atoms with Gasteiger partial charge in [-0.15, -0.1) is 0 Å². The lowest BCUT2D eigenvalue weighted by molar-refractivity contribution is 0.254. The van der Waals surface area contributed by atoms with Crippen LogP contribution in [0, 0.1) is 5.92 Å². The van der Waals surface area contributed by atoms with Crippen molar-refractivity contribution in [3.8, 4) is 0 Å². The van der Waals surface area contributed by atoms with Crippen LogP contribution < -0.4 is 5.32 Å². The number of rotatable bonds is 3. The van der Waals surface area contributed by atoms with Crippen LogP contribution in [0.3, 0.4) is 0 Å². The first-order valence-corrected chi connectivity index (χ1v) is 4.22. The van der Waals surface area contributed by atoms with Gasteiger partial charge in [0, 0.05) is 12.6 Å². The van der Waals surface area contributed by atoms with E-state index in [4.69, 9.17) is 5.11 Å². The van der Waals surface area contributed by atoms with E-state index in [2.05, 4.69) is 12.2 Å². The molecule has 2 nitrogen and oxygen atoms in total. The first kappa shape index (κ1) is 8.02. The average molecular weight is 143 g/mol. The lowest BCUT2D eigenvalue weighted by Gasteiger charge is -2.15. The first-order chi connectivity index (χ1) is 4.88. The number of nitrogens with one attached hydrogen (secondary N) is 1. The standard InChI is InChI=1S/C8H17NO/c1-2-7-3-5-9-8(7)4-6-10/h7-10H,2-6H2,1H3. The second-order valence-corrected chi connectivity index (χ2v) is 3.03. The van der Waals surface area contributed by atoms with E-state index >= 15 is 0 Å². The minimum atomic E-state index is 0.328. The van der Waals surface area contributed by atoms with E-state index in [9.17, 15) is 0 Å². The van der Waals surface area contributed by atoms with Crippen molar-refractivity contribution in [3.05, 3.63) is 0 Å². The van der Waals surface area contributed by atoms with Gasteiger partial charge in [0.15, 0.2) is 0 Å². The van der Waals surface area contributed by atoms with E-state index < -0.39 is 0 Å². The first-order valence-electron chi connectivity index (χ1n) is 4.22. The van der Waals surface area contributed by atoms with Crippen molar-refractivity contribution in [1.82, 2.24) is 5.32 Å². The van der Waals surface area contributed by atoms with Crippen molar-refractivity contribution in [3.63, 3.8) is 0 Å². The molecule has 2 atom stereocenters. The smallest absolute Gasteiger partial charge is 0.0445 e. The molecule has 60 valence electrons. The molecular formula is C8H17NO. The highest BCUT2D eigenvalue weighted by atomic mass is 16.3. The molecule has 1 fully saturated rings. The molecule has 0 aromatic rings. The molecule has 0 aromatic carbocycles. The van der Waals surface area contributed by atoms with Gasteiger partial charge in [-0.3, -0.25) is 0 Å². The predicted molar refractivity (Wildman–Crippen MR) is 41.9 cm³/mol. The third kappa shape index (κ3) is 1.70. The maximum absolute atomic E-state index is 8.70. The second-order valence-electron chi connectivity index (χ2n) is 3.03. The molecule has 2 N–H and O–H groups in total. The SMILES string of the molecule is CCC1CCNC1CCO. The van der Waals surface area contributed by atoms with E-state index in [0.717, 1.165) is 18.9 Å². The average Bonchev–Trinajstić information content (AvgIpc) is 2.36.